The lowest BCUT2D eigenvalue weighted by molar-refractivity contribution is 0.0552. The van der Waals surface area contributed by atoms with E-state index in [0.29, 0.717) is 6.42 Å². The molecule has 4 heteroatoms. The third-order valence-electron chi connectivity index (χ3n) is 1.81. The van der Waals surface area contributed by atoms with Gasteiger partial charge in [0.15, 0.2) is 0 Å². The molecule has 0 fully saturated rings. The van der Waals surface area contributed by atoms with E-state index >= 15 is 0 Å². The molecule has 0 atom stereocenters. The number of halogens is 2. The van der Waals surface area contributed by atoms with Crippen LogP contribution in [0.1, 0.15) is 47.0 Å². The first-order valence-corrected chi connectivity index (χ1v) is 5.48. The maximum atomic E-state index is 12.9. The van der Waals surface area contributed by atoms with Gasteiger partial charge in [0.1, 0.15) is 0 Å². The molecule has 0 spiro atoms. The topological polar surface area (TPSA) is 38.0 Å². The van der Waals surface area contributed by atoms with Gasteiger partial charge in [-0.25, -0.2) is 0 Å². The van der Waals surface area contributed by atoms with Gasteiger partial charge in [-0.05, 0) is 12.8 Å². The molecule has 3 N–H and O–H groups in total. The summed E-state index contributed by atoms with van der Waals surface area (Å²) >= 11 is 0. The summed E-state index contributed by atoms with van der Waals surface area (Å²) in [5.41, 5.74) is 5.65. The second-order valence-electron chi connectivity index (χ2n) is 3.14. The van der Waals surface area contributed by atoms with Crippen molar-refractivity contribution in [3.63, 3.8) is 0 Å². The normalized spacial score (nSPS) is 12.5. The second kappa shape index (κ2) is 8.50. The Bertz CT molecular complexity index is 184. The van der Waals surface area contributed by atoms with Crippen molar-refractivity contribution in [3.05, 3.63) is 11.4 Å². The van der Waals surface area contributed by atoms with Crippen molar-refractivity contribution in [1.82, 2.24) is 5.32 Å². The highest BCUT2D eigenvalue weighted by molar-refractivity contribution is 5.15. The summed E-state index contributed by atoms with van der Waals surface area (Å²) in [6, 6.07) is 0. The lowest BCUT2D eigenvalue weighted by atomic mass is 10.1. The van der Waals surface area contributed by atoms with Crippen molar-refractivity contribution in [2.75, 3.05) is 7.05 Å². The summed E-state index contributed by atoms with van der Waals surface area (Å²) in [7, 11) is 1.46. The van der Waals surface area contributed by atoms with E-state index in [4.69, 9.17) is 5.73 Å². The number of nitrogens with two attached hydrogens (primary N) is 1. The molecule has 0 aromatic rings. The van der Waals surface area contributed by atoms with E-state index in [-0.39, 0.29) is 11.4 Å². The van der Waals surface area contributed by atoms with Crippen LogP contribution in [0.3, 0.4) is 0 Å². The Morgan fingerprint density at radius 1 is 1.33 bits per heavy atom. The molecule has 0 radical (unpaired) electrons. The van der Waals surface area contributed by atoms with Crippen molar-refractivity contribution < 1.29 is 8.78 Å². The number of alkyl halides is 2. The van der Waals surface area contributed by atoms with E-state index in [0.717, 1.165) is 19.8 Å². The van der Waals surface area contributed by atoms with E-state index in [9.17, 15) is 8.78 Å². The van der Waals surface area contributed by atoms with Crippen molar-refractivity contribution >= 4 is 0 Å². The molecule has 0 aromatic carbocycles. The highest BCUT2D eigenvalue weighted by atomic mass is 19.3. The molecule has 0 aliphatic rings. The van der Waals surface area contributed by atoms with Crippen LogP contribution in [0, 0.1) is 0 Å². The van der Waals surface area contributed by atoms with E-state index in [1.54, 1.807) is 0 Å². The van der Waals surface area contributed by atoms with Crippen molar-refractivity contribution in [2.45, 2.75) is 52.9 Å². The molecule has 15 heavy (non-hydrogen) atoms. The summed E-state index contributed by atoms with van der Waals surface area (Å²) in [5.74, 6) is -2.87. The van der Waals surface area contributed by atoms with Crippen molar-refractivity contribution in [1.29, 1.82) is 0 Å². The van der Waals surface area contributed by atoms with Gasteiger partial charge in [-0.3, -0.25) is 0 Å². The van der Waals surface area contributed by atoms with Gasteiger partial charge in [-0.1, -0.05) is 27.2 Å². The highest BCUT2D eigenvalue weighted by Crippen LogP contribution is 2.23. The zero-order valence-electron chi connectivity index (χ0n) is 10.5. The van der Waals surface area contributed by atoms with Gasteiger partial charge in [-0.15, -0.1) is 0 Å². The summed E-state index contributed by atoms with van der Waals surface area (Å²) in [6.45, 7) is 6.84. The average molecular weight is 222 g/mol. The first-order chi connectivity index (χ1) is 6.93. The summed E-state index contributed by atoms with van der Waals surface area (Å²) in [5, 5.41) is 2.46. The number of unbranched alkanes of at least 4 members (excludes halogenated alkanes) is 1. The van der Waals surface area contributed by atoms with Gasteiger partial charge in [0, 0.05) is 19.7 Å². The molecule has 0 heterocycles. The molecule has 0 aromatic heterocycles. The molecule has 0 saturated carbocycles. The Kier molecular flexibility index (Phi) is 9.42. The SMILES string of the molecule is CC.CCCC/C(N)=C(/NC)C(C)(F)F. The third-order valence-corrected chi connectivity index (χ3v) is 1.81. The van der Waals surface area contributed by atoms with Gasteiger partial charge >= 0.3 is 0 Å². The molecule has 0 bridgehead atoms. The predicted octanol–water partition coefficient (Wildman–Crippen LogP) is 3.25. The minimum atomic E-state index is -2.87. The van der Waals surface area contributed by atoms with Gasteiger partial charge in [0.25, 0.3) is 5.92 Å². The number of hydrogen-bond donors (Lipinski definition) is 2. The smallest absolute Gasteiger partial charge is 0.286 e. The minimum absolute atomic E-state index is 0.152. The molecule has 0 aliphatic heterocycles. The van der Waals surface area contributed by atoms with E-state index < -0.39 is 5.92 Å². The maximum absolute atomic E-state index is 12.9. The highest BCUT2D eigenvalue weighted by Gasteiger charge is 2.28. The van der Waals surface area contributed by atoms with Crippen LogP contribution >= 0.6 is 0 Å². The van der Waals surface area contributed by atoms with Crippen LogP contribution in [0.25, 0.3) is 0 Å². The Morgan fingerprint density at radius 3 is 2.07 bits per heavy atom. The summed E-state index contributed by atoms with van der Waals surface area (Å²) < 4.78 is 25.7. The number of nitrogens with one attached hydrogen (secondary N) is 1. The summed E-state index contributed by atoms with van der Waals surface area (Å²) in [6.07, 6.45) is 2.32. The molecule has 0 rings (SSSR count). The largest absolute Gasteiger partial charge is 0.400 e. The quantitative estimate of drug-likeness (QED) is 0.749. The van der Waals surface area contributed by atoms with E-state index in [1.807, 2.05) is 20.8 Å². The van der Waals surface area contributed by atoms with Gasteiger partial charge in [0.2, 0.25) is 0 Å². The van der Waals surface area contributed by atoms with Crippen LogP contribution in [-0.2, 0) is 0 Å². The Balaban J connectivity index is 0. The fraction of sp³-hybridized carbons (Fsp3) is 0.818. The van der Waals surface area contributed by atoms with Crippen molar-refractivity contribution in [3.8, 4) is 0 Å². The Labute approximate surface area is 91.9 Å². The van der Waals surface area contributed by atoms with Crippen molar-refractivity contribution in [2.24, 2.45) is 5.73 Å². The molecule has 2 nitrogen and oxygen atoms in total. The first kappa shape index (κ1) is 16.6. The van der Waals surface area contributed by atoms with E-state index in [1.165, 1.54) is 7.05 Å². The maximum Gasteiger partial charge on any atom is 0.286 e. The lowest BCUT2D eigenvalue weighted by Gasteiger charge is -2.17. The predicted molar refractivity (Wildman–Crippen MR) is 61.8 cm³/mol. The standard InChI is InChI=1S/C9H18F2N2.C2H6/c1-4-5-6-7(12)8(13-3)9(2,10)11;1-2/h13H,4-6,12H2,1-3H3;1-2H3/b8-7-;. The van der Waals surface area contributed by atoms with Gasteiger partial charge in [0.05, 0.1) is 5.70 Å². The van der Waals surface area contributed by atoms with Crippen LogP contribution in [0.5, 0.6) is 0 Å². The zero-order valence-corrected chi connectivity index (χ0v) is 10.5. The fourth-order valence-corrected chi connectivity index (χ4v) is 1.15. The van der Waals surface area contributed by atoms with Crippen LogP contribution in [-0.4, -0.2) is 13.0 Å². The third kappa shape index (κ3) is 7.17. The first-order valence-electron chi connectivity index (χ1n) is 5.48. The second-order valence-corrected chi connectivity index (χ2v) is 3.14. The molecular formula is C11H24F2N2. The molecule has 92 valence electrons. The number of allylic oxidation sites excluding steroid dienone is 2. The molecule has 0 amide bonds. The van der Waals surface area contributed by atoms with Crippen LogP contribution in [0.2, 0.25) is 0 Å². The van der Waals surface area contributed by atoms with E-state index in [2.05, 4.69) is 5.32 Å². The fourth-order valence-electron chi connectivity index (χ4n) is 1.15. The monoisotopic (exact) mass is 222 g/mol. The van der Waals surface area contributed by atoms with Gasteiger partial charge < -0.3 is 11.1 Å². The van der Waals surface area contributed by atoms with Gasteiger partial charge in [-0.2, -0.15) is 8.78 Å². The van der Waals surface area contributed by atoms with Crippen LogP contribution < -0.4 is 11.1 Å². The molecule has 0 aliphatic carbocycles. The number of rotatable bonds is 5. The number of hydrogen-bond acceptors (Lipinski definition) is 2. The molecule has 0 saturated heterocycles. The average Bonchev–Trinajstić information content (AvgIpc) is 2.16. The van der Waals surface area contributed by atoms with Crippen LogP contribution in [0.15, 0.2) is 11.4 Å². The van der Waals surface area contributed by atoms with Crippen LogP contribution in [0.4, 0.5) is 8.78 Å². The minimum Gasteiger partial charge on any atom is -0.400 e. The lowest BCUT2D eigenvalue weighted by Crippen LogP contribution is -2.28. The molecule has 0 unspecified atom stereocenters. The zero-order chi connectivity index (χ0) is 12.5. The Hall–Kier alpha value is -0.800. The summed E-state index contributed by atoms with van der Waals surface area (Å²) in [4.78, 5) is 0. The Morgan fingerprint density at radius 2 is 1.80 bits per heavy atom. The molecular weight excluding hydrogens is 198 g/mol.